The van der Waals surface area contributed by atoms with E-state index in [1.807, 2.05) is 0 Å². The van der Waals surface area contributed by atoms with E-state index in [4.69, 9.17) is 16.7 Å². The van der Waals surface area contributed by atoms with Crippen molar-refractivity contribution in [2.75, 3.05) is 26.2 Å². The van der Waals surface area contributed by atoms with E-state index in [0.29, 0.717) is 26.2 Å². The SMILES string of the molecule is O=C(O)N1CCN(C(=O)Cl)CC1. The first-order chi connectivity index (χ1) is 5.61. The Kier molecular flexibility index (Phi) is 2.75. The van der Waals surface area contributed by atoms with Crippen LogP contribution in [0, 0.1) is 0 Å². The summed E-state index contributed by atoms with van der Waals surface area (Å²) in [4.78, 5) is 23.7. The zero-order valence-electron chi connectivity index (χ0n) is 6.36. The summed E-state index contributed by atoms with van der Waals surface area (Å²) >= 11 is 5.20. The van der Waals surface area contributed by atoms with Gasteiger partial charge in [0.05, 0.1) is 0 Å². The second-order valence-corrected chi connectivity index (χ2v) is 2.83. The molecule has 1 fully saturated rings. The second kappa shape index (κ2) is 3.62. The van der Waals surface area contributed by atoms with Crippen LogP contribution in [0.2, 0.25) is 0 Å². The van der Waals surface area contributed by atoms with Crippen LogP contribution in [0.4, 0.5) is 9.59 Å². The van der Waals surface area contributed by atoms with Crippen molar-refractivity contribution in [2.45, 2.75) is 0 Å². The molecule has 0 saturated carbocycles. The fraction of sp³-hybridized carbons (Fsp3) is 0.667. The molecule has 68 valence electrons. The quantitative estimate of drug-likeness (QED) is 0.453. The summed E-state index contributed by atoms with van der Waals surface area (Å²) in [6, 6.07) is 0. The predicted octanol–water partition coefficient (Wildman–Crippen LogP) is 0.641. The summed E-state index contributed by atoms with van der Waals surface area (Å²) < 4.78 is 0. The van der Waals surface area contributed by atoms with Gasteiger partial charge in [-0.05, 0) is 11.6 Å². The maximum Gasteiger partial charge on any atom is 0.407 e. The monoisotopic (exact) mass is 192 g/mol. The Hall–Kier alpha value is -0.970. The molecule has 0 aromatic carbocycles. The van der Waals surface area contributed by atoms with E-state index in [0.717, 1.165) is 0 Å². The van der Waals surface area contributed by atoms with E-state index >= 15 is 0 Å². The molecule has 1 rings (SSSR count). The van der Waals surface area contributed by atoms with Gasteiger partial charge in [-0.1, -0.05) is 0 Å². The van der Waals surface area contributed by atoms with E-state index in [9.17, 15) is 9.59 Å². The van der Waals surface area contributed by atoms with Crippen LogP contribution in [-0.2, 0) is 0 Å². The fourth-order valence-electron chi connectivity index (χ4n) is 1.07. The highest BCUT2D eigenvalue weighted by Gasteiger charge is 2.22. The lowest BCUT2D eigenvalue weighted by Crippen LogP contribution is -2.48. The molecular formula is C6H9ClN2O3. The molecule has 0 unspecified atom stereocenters. The first-order valence-electron chi connectivity index (χ1n) is 3.53. The zero-order chi connectivity index (χ0) is 9.14. The zero-order valence-corrected chi connectivity index (χ0v) is 7.12. The van der Waals surface area contributed by atoms with Crippen LogP contribution in [0.1, 0.15) is 0 Å². The van der Waals surface area contributed by atoms with Gasteiger partial charge in [0.25, 0.3) is 0 Å². The highest BCUT2D eigenvalue weighted by molar-refractivity contribution is 6.62. The minimum absolute atomic E-state index is 0.341. The van der Waals surface area contributed by atoms with Crippen molar-refractivity contribution < 1.29 is 14.7 Å². The number of nitrogens with zero attached hydrogens (tertiary/aromatic N) is 2. The van der Waals surface area contributed by atoms with Gasteiger partial charge >= 0.3 is 11.5 Å². The molecule has 0 aliphatic carbocycles. The normalized spacial score (nSPS) is 17.8. The molecule has 1 heterocycles. The van der Waals surface area contributed by atoms with Crippen molar-refractivity contribution in [3.8, 4) is 0 Å². The molecule has 1 aliphatic heterocycles. The van der Waals surface area contributed by atoms with Crippen LogP contribution in [0.3, 0.4) is 0 Å². The molecule has 1 aliphatic rings. The predicted molar refractivity (Wildman–Crippen MR) is 42.4 cm³/mol. The van der Waals surface area contributed by atoms with Crippen molar-refractivity contribution in [1.29, 1.82) is 0 Å². The minimum Gasteiger partial charge on any atom is -0.465 e. The molecule has 0 bridgehead atoms. The van der Waals surface area contributed by atoms with Gasteiger partial charge < -0.3 is 14.9 Å². The van der Waals surface area contributed by atoms with E-state index in [1.165, 1.54) is 9.80 Å². The summed E-state index contributed by atoms with van der Waals surface area (Å²) in [7, 11) is 0. The van der Waals surface area contributed by atoms with Crippen molar-refractivity contribution in [3.63, 3.8) is 0 Å². The van der Waals surface area contributed by atoms with Gasteiger partial charge in [0.2, 0.25) is 0 Å². The third kappa shape index (κ3) is 2.01. The summed E-state index contributed by atoms with van der Waals surface area (Å²) in [5.41, 5.74) is 0. The molecule has 0 radical (unpaired) electrons. The summed E-state index contributed by atoms with van der Waals surface area (Å²) in [6.07, 6.45) is -0.948. The smallest absolute Gasteiger partial charge is 0.407 e. The van der Waals surface area contributed by atoms with Crippen molar-refractivity contribution in [3.05, 3.63) is 0 Å². The third-order valence-corrected chi connectivity index (χ3v) is 2.04. The van der Waals surface area contributed by atoms with Crippen molar-refractivity contribution in [1.82, 2.24) is 9.80 Å². The molecule has 5 nitrogen and oxygen atoms in total. The van der Waals surface area contributed by atoms with Crippen LogP contribution in [0.25, 0.3) is 0 Å². The van der Waals surface area contributed by atoms with Gasteiger partial charge in [-0.25, -0.2) is 4.79 Å². The van der Waals surface area contributed by atoms with E-state index in [-0.39, 0.29) is 0 Å². The first kappa shape index (κ1) is 9.12. The van der Waals surface area contributed by atoms with Crippen molar-refractivity contribution >= 4 is 23.1 Å². The van der Waals surface area contributed by atoms with E-state index in [1.54, 1.807) is 0 Å². The maximum atomic E-state index is 10.6. The lowest BCUT2D eigenvalue weighted by Gasteiger charge is -2.31. The largest absolute Gasteiger partial charge is 0.465 e. The Balaban J connectivity index is 2.39. The Labute approximate surface area is 74.5 Å². The Morgan fingerprint density at radius 3 is 1.83 bits per heavy atom. The Bertz CT molecular complexity index is 179. The number of carboxylic acid groups (broad SMARTS) is 1. The van der Waals surface area contributed by atoms with E-state index < -0.39 is 11.5 Å². The lowest BCUT2D eigenvalue weighted by atomic mass is 10.3. The molecule has 0 spiro atoms. The van der Waals surface area contributed by atoms with Crippen LogP contribution < -0.4 is 0 Å². The molecule has 0 aromatic heterocycles. The molecule has 1 N–H and O–H groups in total. The summed E-state index contributed by atoms with van der Waals surface area (Å²) in [6.45, 7) is 1.45. The molecule has 1 saturated heterocycles. The average molecular weight is 193 g/mol. The number of piperazine rings is 1. The van der Waals surface area contributed by atoms with Gasteiger partial charge in [-0.15, -0.1) is 0 Å². The molecular weight excluding hydrogens is 184 g/mol. The molecule has 2 amide bonds. The van der Waals surface area contributed by atoms with Crippen molar-refractivity contribution in [2.24, 2.45) is 0 Å². The lowest BCUT2D eigenvalue weighted by molar-refractivity contribution is 0.117. The number of hydrogen-bond acceptors (Lipinski definition) is 2. The number of amides is 2. The summed E-state index contributed by atoms with van der Waals surface area (Å²) in [5, 5.41) is 8.04. The third-order valence-electron chi connectivity index (χ3n) is 1.80. The average Bonchev–Trinajstić information content (AvgIpc) is 2.04. The Morgan fingerprint density at radius 1 is 1.08 bits per heavy atom. The second-order valence-electron chi connectivity index (χ2n) is 2.51. The Morgan fingerprint density at radius 2 is 1.50 bits per heavy atom. The first-order valence-corrected chi connectivity index (χ1v) is 3.91. The molecule has 0 atom stereocenters. The number of hydrogen-bond donors (Lipinski definition) is 1. The van der Waals surface area contributed by atoms with Gasteiger partial charge in [0, 0.05) is 26.2 Å². The molecule has 12 heavy (non-hydrogen) atoms. The van der Waals surface area contributed by atoms with Gasteiger partial charge in [-0.2, -0.15) is 0 Å². The number of rotatable bonds is 0. The molecule has 6 heteroatoms. The molecule has 0 aromatic rings. The maximum absolute atomic E-state index is 10.6. The number of carbonyl (C=O) groups excluding carboxylic acids is 1. The van der Waals surface area contributed by atoms with Crippen LogP contribution in [0.5, 0.6) is 0 Å². The van der Waals surface area contributed by atoms with Gasteiger partial charge in [0.1, 0.15) is 0 Å². The van der Waals surface area contributed by atoms with Crippen LogP contribution in [0.15, 0.2) is 0 Å². The summed E-state index contributed by atoms with van der Waals surface area (Å²) in [5.74, 6) is 0. The van der Waals surface area contributed by atoms with Crippen LogP contribution >= 0.6 is 11.6 Å². The van der Waals surface area contributed by atoms with E-state index in [2.05, 4.69) is 0 Å². The minimum atomic E-state index is -0.948. The highest BCUT2D eigenvalue weighted by atomic mass is 35.5. The van der Waals surface area contributed by atoms with Crippen LogP contribution in [-0.4, -0.2) is 52.5 Å². The fourth-order valence-corrected chi connectivity index (χ4v) is 1.24. The topological polar surface area (TPSA) is 60.9 Å². The number of carbonyl (C=O) groups is 2. The van der Waals surface area contributed by atoms with Gasteiger partial charge in [0.15, 0.2) is 0 Å². The highest BCUT2D eigenvalue weighted by Crippen LogP contribution is 2.04. The standard InChI is InChI=1S/C6H9ClN2O3/c7-5(10)8-1-3-9(4-2-8)6(11)12/h1-4H2,(H,11,12). The van der Waals surface area contributed by atoms with Gasteiger partial charge in [-0.3, -0.25) is 4.79 Å². The number of halogens is 1.